The van der Waals surface area contributed by atoms with Gasteiger partial charge in [-0.25, -0.2) is 9.78 Å². The first-order valence-corrected chi connectivity index (χ1v) is 7.30. The Kier molecular flexibility index (Phi) is 4.06. The fourth-order valence-corrected chi connectivity index (χ4v) is 2.17. The highest BCUT2D eigenvalue weighted by molar-refractivity contribution is 5.68. The number of nitrogens with zero attached hydrogens (tertiary/aromatic N) is 3. The van der Waals surface area contributed by atoms with Crippen LogP contribution in [0.25, 0.3) is 0 Å². The molecule has 1 aromatic heterocycles. The minimum Gasteiger partial charge on any atom is -0.444 e. The lowest BCUT2D eigenvalue weighted by atomic mass is 10.2. The molecule has 1 aliphatic carbocycles. The van der Waals surface area contributed by atoms with Crippen LogP contribution in [-0.2, 0) is 18.3 Å². The van der Waals surface area contributed by atoms with Crippen LogP contribution in [0.4, 0.5) is 4.79 Å². The van der Waals surface area contributed by atoms with Gasteiger partial charge in [0.2, 0.25) is 0 Å². The van der Waals surface area contributed by atoms with Crippen molar-refractivity contribution in [3.8, 4) is 0 Å². The van der Waals surface area contributed by atoms with E-state index in [1.165, 1.54) is 12.8 Å². The SMILES string of the molecule is CCN(Cc1cn(C)c(C2CC2)n1)C(=O)OC(C)(C)C. The van der Waals surface area contributed by atoms with Crippen LogP contribution in [0.1, 0.15) is 58.0 Å². The maximum atomic E-state index is 12.1. The predicted octanol–water partition coefficient (Wildman–Crippen LogP) is 3.05. The summed E-state index contributed by atoms with van der Waals surface area (Å²) in [6.07, 6.45) is 4.20. The number of rotatable bonds is 4. The molecule has 0 bridgehead atoms. The number of imidazole rings is 1. The summed E-state index contributed by atoms with van der Waals surface area (Å²) < 4.78 is 7.49. The summed E-state index contributed by atoms with van der Waals surface area (Å²) in [6.45, 7) is 8.71. The normalized spacial score (nSPS) is 15.2. The Morgan fingerprint density at radius 2 is 2.15 bits per heavy atom. The van der Waals surface area contributed by atoms with E-state index in [1.54, 1.807) is 4.90 Å². The summed E-state index contributed by atoms with van der Waals surface area (Å²) in [5.74, 6) is 1.76. The Bertz CT molecular complexity index is 484. The largest absolute Gasteiger partial charge is 0.444 e. The van der Waals surface area contributed by atoms with E-state index in [9.17, 15) is 4.79 Å². The zero-order valence-electron chi connectivity index (χ0n) is 13.1. The lowest BCUT2D eigenvalue weighted by Gasteiger charge is -2.26. The molecule has 2 rings (SSSR count). The third-order valence-electron chi connectivity index (χ3n) is 3.29. The van der Waals surface area contributed by atoms with Gasteiger partial charge in [0.05, 0.1) is 12.2 Å². The summed E-state index contributed by atoms with van der Waals surface area (Å²) in [5, 5.41) is 0. The van der Waals surface area contributed by atoms with Gasteiger partial charge in [0.1, 0.15) is 11.4 Å². The average molecular weight is 279 g/mol. The summed E-state index contributed by atoms with van der Waals surface area (Å²) in [5.41, 5.74) is 0.468. The van der Waals surface area contributed by atoms with Crippen LogP contribution in [-0.4, -0.2) is 32.7 Å². The topological polar surface area (TPSA) is 47.4 Å². The van der Waals surface area contributed by atoms with E-state index in [2.05, 4.69) is 9.55 Å². The minimum absolute atomic E-state index is 0.279. The molecule has 5 heteroatoms. The lowest BCUT2D eigenvalue weighted by molar-refractivity contribution is 0.0242. The van der Waals surface area contributed by atoms with Gasteiger partial charge in [-0.3, -0.25) is 0 Å². The molecule has 0 atom stereocenters. The van der Waals surface area contributed by atoms with Crippen LogP contribution >= 0.6 is 0 Å². The Morgan fingerprint density at radius 3 is 2.65 bits per heavy atom. The van der Waals surface area contributed by atoms with Gasteiger partial charge in [0.25, 0.3) is 0 Å². The summed E-state index contributed by atoms with van der Waals surface area (Å²) in [6, 6.07) is 0. The van der Waals surface area contributed by atoms with Crippen molar-refractivity contribution in [2.45, 2.75) is 58.6 Å². The zero-order chi connectivity index (χ0) is 14.9. The molecule has 1 aromatic rings. The predicted molar refractivity (Wildman–Crippen MR) is 77.5 cm³/mol. The van der Waals surface area contributed by atoms with Gasteiger partial charge in [-0.05, 0) is 40.5 Å². The van der Waals surface area contributed by atoms with Crippen molar-refractivity contribution in [2.24, 2.45) is 7.05 Å². The monoisotopic (exact) mass is 279 g/mol. The van der Waals surface area contributed by atoms with Crippen molar-refractivity contribution in [1.29, 1.82) is 0 Å². The van der Waals surface area contributed by atoms with Crippen LogP contribution in [0, 0.1) is 0 Å². The molecular weight excluding hydrogens is 254 g/mol. The fourth-order valence-electron chi connectivity index (χ4n) is 2.17. The van der Waals surface area contributed by atoms with E-state index in [0.29, 0.717) is 19.0 Å². The van der Waals surface area contributed by atoms with Gasteiger partial charge in [-0.2, -0.15) is 0 Å². The van der Waals surface area contributed by atoms with Crippen molar-refractivity contribution >= 4 is 6.09 Å². The molecule has 0 spiro atoms. The summed E-state index contributed by atoms with van der Waals surface area (Å²) >= 11 is 0. The molecule has 0 aromatic carbocycles. The molecular formula is C15H25N3O2. The van der Waals surface area contributed by atoms with E-state index in [1.807, 2.05) is 40.9 Å². The standard InChI is InChI=1S/C15H25N3O2/c1-6-18(14(19)20-15(2,3)4)10-12-9-17(5)13(16-12)11-7-8-11/h9,11H,6-8,10H2,1-5H3. The third kappa shape index (κ3) is 3.74. The molecule has 1 fully saturated rings. The molecule has 5 nitrogen and oxygen atoms in total. The molecule has 20 heavy (non-hydrogen) atoms. The van der Waals surface area contributed by atoms with Gasteiger partial charge < -0.3 is 14.2 Å². The van der Waals surface area contributed by atoms with E-state index in [4.69, 9.17) is 4.74 Å². The minimum atomic E-state index is -0.464. The Hall–Kier alpha value is -1.52. The number of hydrogen-bond donors (Lipinski definition) is 0. The smallest absolute Gasteiger partial charge is 0.410 e. The first-order valence-electron chi connectivity index (χ1n) is 7.30. The molecule has 1 heterocycles. The maximum Gasteiger partial charge on any atom is 0.410 e. The highest BCUT2D eigenvalue weighted by Crippen LogP contribution is 2.39. The molecule has 1 saturated carbocycles. The maximum absolute atomic E-state index is 12.1. The second-order valence-corrected chi connectivity index (χ2v) is 6.47. The number of hydrogen-bond acceptors (Lipinski definition) is 3. The van der Waals surface area contributed by atoms with Gasteiger partial charge in [-0.15, -0.1) is 0 Å². The Balaban J connectivity index is 2.02. The highest BCUT2D eigenvalue weighted by atomic mass is 16.6. The van der Waals surface area contributed by atoms with E-state index in [0.717, 1.165) is 11.5 Å². The van der Waals surface area contributed by atoms with Gasteiger partial charge in [0.15, 0.2) is 0 Å². The van der Waals surface area contributed by atoms with Crippen molar-refractivity contribution in [2.75, 3.05) is 6.54 Å². The van der Waals surface area contributed by atoms with Crippen LogP contribution in [0.5, 0.6) is 0 Å². The fraction of sp³-hybridized carbons (Fsp3) is 0.733. The van der Waals surface area contributed by atoms with Crippen LogP contribution in [0.3, 0.4) is 0 Å². The van der Waals surface area contributed by atoms with E-state index >= 15 is 0 Å². The number of aryl methyl sites for hydroxylation is 1. The molecule has 0 radical (unpaired) electrons. The molecule has 0 unspecified atom stereocenters. The van der Waals surface area contributed by atoms with Crippen molar-refractivity contribution in [1.82, 2.24) is 14.5 Å². The molecule has 1 aliphatic rings. The van der Waals surface area contributed by atoms with Crippen molar-refractivity contribution in [3.63, 3.8) is 0 Å². The molecule has 0 N–H and O–H groups in total. The first kappa shape index (κ1) is 14.9. The van der Waals surface area contributed by atoms with Gasteiger partial charge in [0, 0.05) is 25.7 Å². The average Bonchev–Trinajstić information content (AvgIpc) is 3.08. The quantitative estimate of drug-likeness (QED) is 0.851. The summed E-state index contributed by atoms with van der Waals surface area (Å²) in [4.78, 5) is 18.4. The molecule has 112 valence electrons. The summed E-state index contributed by atoms with van der Waals surface area (Å²) in [7, 11) is 2.02. The lowest BCUT2D eigenvalue weighted by Crippen LogP contribution is -2.36. The van der Waals surface area contributed by atoms with E-state index < -0.39 is 5.60 Å². The second-order valence-electron chi connectivity index (χ2n) is 6.47. The van der Waals surface area contributed by atoms with E-state index in [-0.39, 0.29) is 6.09 Å². The van der Waals surface area contributed by atoms with Gasteiger partial charge in [-0.1, -0.05) is 0 Å². The Morgan fingerprint density at radius 1 is 1.50 bits per heavy atom. The molecule has 1 amide bonds. The van der Waals surface area contributed by atoms with Gasteiger partial charge >= 0.3 is 6.09 Å². The first-order chi connectivity index (χ1) is 9.30. The van der Waals surface area contributed by atoms with Crippen LogP contribution in [0.2, 0.25) is 0 Å². The van der Waals surface area contributed by atoms with Crippen molar-refractivity contribution < 1.29 is 9.53 Å². The van der Waals surface area contributed by atoms with Crippen LogP contribution < -0.4 is 0 Å². The van der Waals surface area contributed by atoms with Crippen LogP contribution in [0.15, 0.2) is 6.20 Å². The third-order valence-corrected chi connectivity index (χ3v) is 3.29. The number of amides is 1. The highest BCUT2D eigenvalue weighted by Gasteiger charge is 2.29. The van der Waals surface area contributed by atoms with Crippen molar-refractivity contribution in [3.05, 3.63) is 17.7 Å². The second kappa shape index (κ2) is 5.46. The number of carbonyl (C=O) groups excluding carboxylic acids is 1. The molecule has 0 aliphatic heterocycles. The molecule has 0 saturated heterocycles. The zero-order valence-corrected chi connectivity index (χ0v) is 13.1. The number of ether oxygens (including phenoxy) is 1. The number of aromatic nitrogens is 2. The Labute approximate surface area is 120 Å². The number of carbonyl (C=O) groups is 1.